The minimum absolute atomic E-state index is 0.198. The monoisotopic (exact) mass is 294 g/mol. The lowest BCUT2D eigenvalue weighted by Crippen LogP contribution is -2.09. The molecule has 4 nitrogen and oxygen atoms in total. The Morgan fingerprint density at radius 1 is 1.35 bits per heavy atom. The summed E-state index contributed by atoms with van der Waals surface area (Å²) in [5.74, 6) is 1.36. The molecule has 0 saturated carbocycles. The fraction of sp³-hybridized carbons (Fsp3) is 0.429. The molecule has 0 aliphatic carbocycles. The van der Waals surface area contributed by atoms with Gasteiger partial charge in [-0.25, -0.2) is 4.39 Å². The lowest BCUT2D eigenvalue weighted by atomic mass is 10.1. The Morgan fingerprint density at radius 2 is 2.15 bits per heavy atom. The predicted molar refractivity (Wildman–Crippen MR) is 78.9 cm³/mol. The zero-order valence-corrected chi connectivity index (χ0v) is 12.6. The summed E-state index contributed by atoms with van der Waals surface area (Å²) in [5, 5.41) is 9.17. The van der Waals surface area contributed by atoms with Gasteiger partial charge in [0, 0.05) is 12.3 Å². The zero-order valence-electron chi connectivity index (χ0n) is 11.8. The second-order valence-electron chi connectivity index (χ2n) is 4.61. The van der Waals surface area contributed by atoms with Crippen LogP contribution in [0.5, 0.6) is 0 Å². The molecule has 1 aromatic heterocycles. The van der Waals surface area contributed by atoms with Crippen LogP contribution in [-0.2, 0) is 18.8 Å². The number of halogens is 1. The fourth-order valence-electron chi connectivity index (χ4n) is 1.99. The number of rotatable bonds is 6. The fourth-order valence-corrected chi connectivity index (χ4v) is 3.05. The van der Waals surface area contributed by atoms with E-state index >= 15 is 0 Å². The van der Waals surface area contributed by atoms with Gasteiger partial charge in [0.15, 0.2) is 5.16 Å². The van der Waals surface area contributed by atoms with Gasteiger partial charge < -0.3 is 10.3 Å². The van der Waals surface area contributed by atoms with Gasteiger partial charge in [-0.15, -0.1) is 10.2 Å². The Hall–Kier alpha value is -1.40. The third kappa shape index (κ3) is 3.37. The van der Waals surface area contributed by atoms with Crippen LogP contribution in [0.15, 0.2) is 23.4 Å². The molecule has 0 unspecified atom stereocenters. The van der Waals surface area contributed by atoms with E-state index in [1.807, 2.05) is 13.0 Å². The molecule has 108 valence electrons. The standard InChI is InChI=1S/C14H19FN4S/c1-3-6-19-13(8-16)17-18-14(19)20-9-11-4-5-12(15)7-10(11)2/h4-5,7H,3,6,8-9,16H2,1-2H3. The molecule has 0 saturated heterocycles. The third-order valence-corrected chi connectivity index (χ3v) is 4.10. The summed E-state index contributed by atoms with van der Waals surface area (Å²) < 4.78 is 15.1. The average Bonchev–Trinajstić information content (AvgIpc) is 2.81. The average molecular weight is 294 g/mol. The summed E-state index contributed by atoms with van der Waals surface area (Å²) >= 11 is 1.61. The Bertz CT molecular complexity index is 583. The van der Waals surface area contributed by atoms with E-state index in [0.717, 1.165) is 40.8 Å². The van der Waals surface area contributed by atoms with Crippen LogP contribution in [0.4, 0.5) is 4.39 Å². The summed E-state index contributed by atoms with van der Waals surface area (Å²) in [4.78, 5) is 0. The van der Waals surface area contributed by atoms with Crippen molar-refractivity contribution in [3.05, 3.63) is 41.0 Å². The Morgan fingerprint density at radius 3 is 2.80 bits per heavy atom. The molecular formula is C14H19FN4S. The topological polar surface area (TPSA) is 56.7 Å². The molecule has 2 aromatic rings. The summed E-state index contributed by atoms with van der Waals surface area (Å²) in [6.07, 6.45) is 1.01. The van der Waals surface area contributed by atoms with Gasteiger partial charge in [-0.3, -0.25) is 0 Å². The van der Waals surface area contributed by atoms with Crippen molar-refractivity contribution in [3.63, 3.8) is 0 Å². The van der Waals surface area contributed by atoms with Crippen molar-refractivity contribution in [2.45, 2.75) is 44.3 Å². The normalized spacial score (nSPS) is 11.0. The molecule has 1 aromatic carbocycles. The Labute approximate surface area is 122 Å². The van der Waals surface area contributed by atoms with E-state index in [1.165, 1.54) is 6.07 Å². The van der Waals surface area contributed by atoms with Crippen molar-refractivity contribution in [2.24, 2.45) is 5.73 Å². The van der Waals surface area contributed by atoms with E-state index in [2.05, 4.69) is 21.7 Å². The molecule has 6 heteroatoms. The van der Waals surface area contributed by atoms with Gasteiger partial charge in [0.1, 0.15) is 11.6 Å². The molecule has 0 radical (unpaired) electrons. The van der Waals surface area contributed by atoms with Crippen molar-refractivity contribution in [1.29, 1.82) is 0 Å². The van der Waals surface area contributed by atoms with Crippen molar-refractivity contribution in [1.82, 2.24) is 14.8 Å². The van der Waals surface area contributed by atoms with Crippen LogP contribution in [0.2, 0.25) is 0 Å². The van der Waals surface area contributed by atoms with E-state index < -0.39 is 0 Å². The quantitative estimate of drug-likeness (QED) is 0.832. The van der Waals surface area contributed by atoms with Crippen LogP contribution in [0.25, 0.3) is 0 Å². The molecule has 0 aliphatic heterocycles. The van der Waals surface area contributed by atoms with Gasteiger partial charge in [-0.2, -0.15) is 0 Å². The first-order valence-electron chi connectivity index (χ1n) is 6.65. The molecule has 0 aliphatic rings. The first-order valence-corrected chi connectivity index (χ1v) is 7.64. The van der Waals surface area contributed by atoms with Gasteiger partial charge in [-0.05, 0) is 36.6 Å². The molecule has 2 N–H and O–H groups in total. The smallest absolute Gasteiger partial charge is 0.191 e. The molecule has 2 rings (SSSR count). The first kappa shape index (κ1) is 15.0. The van der Waals surface area contributed by atoms with E-state index in [-0.39, 0.29) is 5.82 Å². The number of nitrogens with zero attached hydrogens (tertiary/aromatic N) is 3. The minimum Gasteiger partial charge on any atom is -0.324 e. The number of benzene rings is 1. The highest BCUT2D eigenvalue weighted by Crippen LogP contribution is 2.24. The molecule has 0 fully saturated rings. The van der Waals surface area contributed by atoms with Crippen molar-refractivity contribution < 1.29 is 4.39 Å². The SMILES string of the molecule is CCCn1c(CN)nnc1SCc1ccc(F)cc1C. The first-order chi connectivity index (χ1) is 9.65. The summed E-state index contributed by atoms with van der Waals surface area (Å²) in [5.41, 5.74) is 7.73. The molecule has 0 spiro atoms. The number of thioether (sulfide) groups is 1. The van der Waals surface area contributed by atoms with Crippen LogP contribution in [0, 0.1) is 12.7 Å². The second kappa shape index (κ2) is 6.85. The highest BCUT2D eigenvalue weighted by Gasteiger charge is 2.11. The molecule has 20 heavy (non-hydrogen) atoms. The summed E-state index contributed by atoms with van der Waals surface area (Å²) in [6.45, 7) is 5.29. The maximum atomic E-state index is 13.1. The molecule has 0 atom stereocenters. The summed E-state index contributed by atoms with van der Waals surface area (Å²) in [7, 11) is 0. The van der Waals surface area contributed by atoms with Gasteiger partial charge in [-0.1, -0.05) is 24.8 Å². The lowest BCUT2D eigenvalue weighted by molar-refractivity contribution is 0.592. The van der Waals surface area contributed by atoms with E-state index in [0.29, 0.717) is 6.54 Å². The maximum Gasteiger partial charge on any atom is 0.191 e. The van der Waals surface area contributed by atoms with Gasteiger partial charge >= 0.3 is 0 Å². The lowest BCUT2D eigenvalue weighted by Gasteiger charge is -2.08. The maximum absolute atomic E-state index is 13.1. The van der Waals surface area contributed by atoms with Crippen molar-refractivity contribution in [3.8, 4) is 0 Å². The van der Waals surface area contributed by atoms with Crippen LogP contribution < -0.4 is 5.73 Å². The highest BCUT2D eigenvalue weighted by atomic mass is 32.2. The Balaban J connectivity index is 2.12. The van der Waals surface area contributed by atoms with Crippen LogP contribution >= 0.6 is 11.8 Å². The highest BCUT2D eigenvalue weighted by molar-refractivity contribution is 7.98. The number of nitrogens with two attached hydrogens (primary N) is 1. The van der Waals surface area contributed by atoms with E-state index in [1.54, 1.807) is 17.8 Å². The van der Waals surface area contributed by atoms with Crippen molar-refractivity contribution >= 4 is 11.8 Å². The van der Waals surface area contributed by atoms with Crippen LogP contribution in [0.3, 0.4) is 0 Å². The molecule has 0 amide bonds. The number of hydrogen-bond acceptors (Lipinski definition) is 4. The van der Waals surface area contributed by atoms with Crippen LogP contribution in [0.1, 0.15) is 30.3 Å². The largest absolute Gasteiger partial charge is 0.324 e. The predicted octanol–water partition coefficient (Wildman–Crippen LogP) is 2.89. The minimum atomic E-state index is -0.198. The number of hydrogen-bond donors (Lipinski definition) is 1. The van der Waals surface area contributed by atoms with Gasteiger partial charge in [0.2, 0.25) is 0 Å². The molecule has 0 bridgehead atoms. The number of aromatic nitrogens is 3. The Kier molecular flexibility index (Phi) is 5.14. The molecule has 1 heterocycles. The van der Waals surface area contributed by atoms with Gasteiger partial charge in [0.05, 0.1) is 6.54 Å². The third-order valence-electron chi connectivity index (χ3n) is 3.08. The summed E-state index contributed by atoms with van der Waals surface area (Å²) in [6, 6.07) is 4.87. The van der Waals surface area contributed by atoms with E-state index in [4.69, 9.17) is 5.73 Å². The zero-order chi connectivity index (χ0) is 14.5. The van der Waals surface area contributed by atoms with Crippen molar-refractivity contribution in [2.75, 3.05) is 0 Å². The van der Waals surface area contributed by atoms with Gasteiger partial charge in [0.25, 0.3) is 0 Å². The van der Waals surface area contributed by atoms with Crippen LogP contribution in [-0.4, -0.2) is 14.8 Å². The number of aryl methyl sites for hydroxylation is 1. The molecular weight excluding hydrogens is 275 g/mol. The van der Waals surface area contributed by atoms with E-state index in [9.17, 15) is 4.39 Å². The second-order valence-corrected chi connectivity index (χ2v) is 5.56.